The van der Waals surface area contributed by atoms with E-state index in [-0.39, 0.29) is 12.1 Å². The van der Waals surface area contributed by atoms with Crippen LogP contribution in [0.2, 0.25) is 0 Å². The minimum absolute atomic E-state index is 0.0624. The van der Waals surface area contributed by atoms with Gasteiger partial charge >= 0.3 is 6.18 Å². The van der Waals surface area contributed by atoms with E-state index in [4.69, 9.17) is 4.74 Å². The second kappa shape index (κ2) is 8.35. The first-order valence-corrected chi connectivity index (χ1v) is 10.0. The van der Waals surface area contributed by atoms with Crippen LogP contribution in [0.1, 0.15) is 21.6 Å². The molecule has 0 bridgehead atoms. The molecule has 0 saturated heterocycles. The standard InChI is InChI=1S/C22H16F3N3O2S/c1-30-17-8-9-18-19(12-17)31-21(27-18)28(13-16-7-2-3-10-26-16)20(29)14-5-4-6-15(11-14)22(23,24)25/h2-12H,13H2,1H3. The Morgan fingerprint density at radius 1 is 1.10 bits per heavy atom. The average Bonchev–Trinajstić information content (AvgIpc) is 3.20. The summed E-state index contributed by atoms with van der Waals surface area (Å²) in [5.41, 5.74) is 0.274. The molecule has 2 heterocycles. The van der Waals surface area contributed by atoms with Crippen molar-refractivity contribution >= 4 is 32.6 Å². The first-order chi connectivity index (χ1) is 14.8. The molecule has 2 aromatic heterocycles. The zero-order valence-electron chi connectivity index (χ0n) is 16.3. The number of amides is 1. The number of pyridine rings is 1. The number of rotatable bonds is 5. The molecule has 4 rings (SSSR count). The molecule has 0 saturated carbocycles. The number of anilines is 1. The number of alkyl halides is 3. The van der Waals surface area contributed by atoms with E-state index in [1.54, 1.807) is 49.7 Å². The number of hydrogen-bond donors (Lipinski definition) is 0. The van der Waals surface area contributed by atoms with Crippen LogP contribution < -0.4 is 9.64 Å². The van der Waals surface area contributed by atoms with Crippen LogP contribution in [-0.2, 0) is 12.7 Å². The van der Waals surface area contributed by atoms with Gasteiger partial charge in [-0.2, -0.15) is 13.2 Å². The monoisotopic (exact) mass is 443 g/mol. The molecule has 0 atom stereocenters. The minimum Gasteiger partial charge on any atom is -0.497 e. The average molecular weight is 443 g/mol. The predicted octanol–water partition coefficient (Wildman–Crippen LogP) is 5.57. The fraction of sp³-hybridized carbons (Fsp3) is 0.136. The van der Waals surface area contributed by atoms with Crippen LogP contribution in [0, 0.1) is 0 Å². The summed E-state index contributed by atoms with van der Waals surface area (Å²) in [4.78, 5) is 23.4. The van der Waals surface area contributed by atoms with E-state index in [0.717, 1.165) is 16.8 Å². The molecule has 5 nitrogen and oxygen atoms in total. The number of methoxy groups -OCH3 is 1. The molecule has 0 aliphatic heterocycles. The van der Waals surface area contributed by atoms with Gasteiger partial charge in [0.2, 0.25) is 0 Å². The Morgan fingerprint density at radius 2 is 1.94 bits per heavy atom. The second-order valence-corrected chi connectivity index (χ2v) is 7.63. The lowest BCUT2D eigenvalue weighted by Crippen LogP contribution is -2.31. The minimum atomic E-state index is -4.55. The number of ether oxygens (including phenoxy) is 1. The van der Waals surface area contributed by atoms with Gasteiger partial charge in [-0.05, 0) is 48.5 Å². The molecule has 158 valence electrons. The molecule has 0 spiro atoms. The highest BCUT2D eigenvalue weighted by atomic mass is 32.1. The van der Waals surface area contributed by atoms with E-state index in [9.17, 15) is 18.0 Å². The molecular weight excluding hydrogens is 427 g/mol. The Bertz CT molecular complexity index is 1230. The number of benzene rings is 2. The van der Waals surface area contributed by atoms with Gasteiger partial charge in [0.25, 0.3) is 5.91 Å². The Hall–Kier alpha value is -3.46. The van der Waals surface area contributed by atoms with Gasteiger partial charge < -0.3 is 4.74 Å². The van der Waals surface area contributed by atoms with Crippen molar-refractivity contribution in [2.45, 2.75) is 12.7 Å². The van der Waals surface area contributed by atoms with E-state index in [2.05, 4.69) is 9.97 Å². The Balaban J connectivity index is 1.77. The maximum Gasteiger partial charge on any atom is 0.416 e. The molecule has 4 aromatic rings. The number of nitrogens with zero attached hydrogens (tertiary/aromatic N) is 3. The maximum atomic E-state index is 13.3. The molecule has 0 aliphatic carbocycles. The van der Waals surface area contributed by atoms with Gasteiger partial charge in [-0.1, -0.05) is 23.5 Å². The smallest absolute Gasteiger partial charge is 0.416 e. The van der Waals surface area contributed by atoms with Crippen molar-refractivity contribution in [3.8, 4) is 5.75 Å². The van der Waals surface area contributed by atoms with Crippen molar-refractivity contribution in [2.75, 3.05) is 12.0 Å². The summed E-state index contributed by atoms with van der Waals surface area (Å²) in [5.74, 6) is 0.0472. The summed E-state index contributed by atoms with van der Waals surface area (Å²) in [7, 11) is 1.55. The fourth-order valence-electron chi connectivity index (χ4n) is 3.00. The van der Waals surface area contributed by atoms with Gasteiger partial charge in [-0.15, -0.1) is 0 Å². The molecule has 31 heavy (non-hydrogen) atoms. The number of fused-ring (bicyclic) bond motifs is 1. The number of hydrogen-bond acceptors (Lipinski definition) is 5. The third-order valence-electron chi connectivity index (χ3n) is 4.54. The highest BCUT2D eigenvalue weighted by Gasteiger charge is 2.32. The lowest BCUT2D eigenvalue weighted by molar-refractivity contribution is -0.137. The van der Waals surface area contributed by atoms with Crippen LogP contribution in [0.15, 0.2) is 66.9 Å². The highest BCUT2D eigenvalue weighted by molar-refractivity contribution is 7.22. The van der Waals surface area contributed by atoms with E-state index < -0.39 is 17.6 Å². The number of aromatic nitrogens is 2. The summed E-state index contributed by atoms with van der Waals surface area (Å²) >= 11 is 1.25. The van der Waals surface area contributed by atoms with Crippen LogP contribution in [-0.4, -0.2) is 23.0 Å². The first-order valence-electron chi connectivity index (χ1n) is 9.19. The van der Waals surface area contributed by atoms with Crippen molar-refractivity contribution in [3.05, 3.63) is 83.7 Å². The van der Waals surface area contributed by atoms with Gasteiger partial charge in [0.1, 0.15) is 5.75 Å². The molecule has 1 amide bonds. The van der Waals surface area contributed by atoms with Gasteiger partial charge in [0.15, 0.2) is 5.13 Å². The second-order valence-electron chi connectivity index (χ2n) is 6.62. The van der Waals surface area contributed by atoms with Crippen LogP contribution in [0.3, 0.4) is 0 Å². The third-order valence-corrected chi connectivity index (χ3v) is 5.58. The third kappa shape index (κ3) is 4.51. The van der Waals surface area contributed by atoms with Crippen LogP contribution >= 0.6 is 11.3 Å². The Kier molecular flexibility index (Phi) is 5.60. The van der Waals surface area contributed by atoms with Crippen molar-refractivity contribution in [2.24, 2.45) is 0 Å². The first kappa shape index (κ1) is 20.8. The molecule has 9 heteroatoms. The quantitative estimate of drug-likeness (QED) is 0.405. The molecule has 0 aliphatic rings. The van der Waals surface area contributed by atoms with Crippen LogP contribution in [0.5, 0.6) is 5.75 Å². The van der Waals surface area contributed by atoms with E-state index >= 15 is 0 Å². The number of thiazole rings is 1. The van der Waals surface area contributed by atoms with E-state index in [0.29, 0.717) is 22.1 Å². The SMILES string of the molecule is COc1ccc2nc(N(Cc3ccccn3)C(=O)c3cccc(C(F)(F)F)c3)sc2c1. The predicted molar refractivity (Wildman–Crippen MR) is 112 cm³/mol. The topological polar surface area (TPSA) is 55.3 Å². The van der Waals surface area contributed by atoms with Gasteiger partial charge in [-0.25, -0.2) is 4.98 Å². The number of halogens is 3. The van der Waals surface area contributed by atoms with Gasteiger partial charge in [0.05, 0.1) is 35.1 Å². The molecule has 2 aromatic carbocycles. The molecular formula is C22H16F3N3O2S. The zero-order chi connectivity index (χ0) is 22.0. The summed E-state index contributed by atoms with van der Waals surface area (Å²) in [6.45, 7) is 0.0624. The van der Waals surface area contributed by atoms with Crippen molar-refractivity contribution in [1.29, 1.82) is 0 Å². The molecule has 0 radical (unpaired) electrons. The summed E-state index contributed by atoms with van der Waals surface area (Å²) in [6.07, 6.45) is -2.96. The normalized spacial score (nSPS) is 11.5. The van der Waals surface area contributed by atoms with Crippen molar-refractivity contribution in [1.82, 2.24) is 9.97 Å². The Morgan fingerprint density at radius 3 is 2.65 bits per heavy atom. The van der Waals surface area contributed by atoms with Gasteiger partial charge in [-0.3, -0.25) is 14.7 Å². The fourth-order valence-corrected chi connectivity index (χ4v) is 3.99. The molecule has 0 fully saturated rings. The molecule has 0 N–H and O–H groups in total. The number of carbonyl (C=O) groups is 1. The molecule has 0 unspecified atom stereocenters. The highest BCUT2D eigenvalue weighted by Crippen LogP contribution is 2.34. The maximum absolute atomic E-state index is 13.3. The summed E-state index contributed by atoms with van der Waals surface area (Å²) < 4.78 is 45.5. The largest absolute Gasteiger partial charge is 0.497 e. The van der Waals surface area contributed by atoms with Crippen LogP contribution in [0.4, 0.5) is 18.3 Å². The summed E-state index contributed by atoms with van der Waals surface area (Å²) in [6, 6.07) is 14.9. The zero-order valence-corrected chi connectivity index (χ0v) is 17.1. The lowest BCUT2D eigenvalue weighted by Gasteiger charge is -2.20. The van der Waals surface area contributed by atoms with Crippen molar-refractivity contribution in [3.63, 3.8) is 0 Å². The van der Waals surface area contributed by atoms with Crippen LogP contribution in [0.25, 0.3) is 10.2 Å². The number of carbonyl (C=O) groups excluding carboxylic acids is 1. The summed E-state index contributed by atoms with van der Waals surface area (Å²) in [5, 5.41) is 0.358. The van der Waals surface area contributed by atoms with E-state index in [1.807, 2.05) is 0 Å². The van der Waals surface area contributed by atoms with Gasteiger partial charge in [0, 0.05) is 11.8 Å². The lowest BCUT2D eigenvalue weighted by atomic mass is 10.1. The van der Waals surface area contributed by atoms with Crippen molar-refractivity contribution < 1.29 is 22.7 Å². The Labute approximate surface area is 179 Å². The van der Waals surface area contributed by atoms with E-state index in [1.165, 1.54) is 28.4 Å².